The smallest absolute Gasteiger partial charge is 0.275 e. The van der Waals surface area contributed by atoms with E-state index >= 15 is 0 Å². The lowest BCUT2D eigenvalue weighted by Crippen LogP contribution is -2.37. The molecule has 4 aromatic rings. The number of carbonyl (C=O) groups is 1. The van der Waals surface area contributed by atoms with E-state index < -0.39 is 0 Å². The Hall–Kier alpha value is -3.41. The van der Waals surface area contributed by atoms with E-state index in [9.17, 15) is 9.59 Å². The molecule has 5 rings (SSSR count). The molecule has 3 heterocycles. The van der Waals surface area contributed by atoms with Gasteiger partial charge in [-0.2, -0.15) is 5.10 Å². The Balaban J connectivity index is 1.59. The summed E-state index contributed by atoms with van der Waals surface area (Å²) in [6.45, 7) is 1.16. The van der Waals surface area contributed by atoms with Gasteiger partial charge in [-0.05, 0) is 12.1 Å². The van der Waals surface area contributed by atoms with Crippen LogP contribution in [0.5, 0.6) is 0 Å². The average molecular weight is 358 g/mol. The summed E-state index contributed by atoms with van der Waals surface area (Å²) >= 11 is 0. The van der Waals surface area contributed by atoms with Gasteiger partial charge in [-0.3, -0.25) is 9.59 Å². The van der Waals surface area contributed by atoms with Crippen LogP contribution >= 0.6 is 0 Å². The van der Waals surface area contributed by atoms with Crippen LogP contribution in [0.2, 0.25) is 0 Å². The molecule has 1 N–H and O–H groups in total. The predicted octanol–water partition coefficient (Wildman–Crippen LogP) is 2.61. The Morgan fingerprint density at radius 2 is 1.74 bits per heavy atom. The monoisotopic (exact) mass is 358 g/mol. The van der Waals surface area contributed by atoms with Gasteiger partial charge in [-0.25, -0.2) is 4.68 Å². The number of aryl methyl sites for hydroxylation is 1. The largest absolute Gasteiger partial charge is 0.358 e. The van der Waals surface area contributed by atoms with E-state index in [1.807, 2.05) is 23.1 Å². The number of aromatic nitrogens is 3. The molecular formula is C21H18N4O2. The van der Waals surface area contributed by atoms with Gasteiger partial charge in [0.25, 0.3) is 11.5 Å². The van der Waals surface area contributed by atoms with Crippen LogP contribution in [-0.2, 0) is 20.0 Å². The molecule has 0 bridgehead atoms. The second-order valence-electron chi connectivity index (χ2n) is 6.93. The zero-order valence-corrected chi connectivity index (χ0v) is 14.9. The Kier molecular flexibility index (Phi) is 3.40. The van der Waals surface area contributed by atoms with Gasteiger partial charge in [0.1, 0.15) is 0 Å². The summed E-state index contributed by atoms with van der Waals surface area (Å²) in [4.78, 5) is 30.9. The first-order valence-electron chi connectivity index (χ1n) is 8.97. The maximum absolute atomic E-state index is 13.3. The number of hydrogen-bond donors (Lipinski definition) is 1. The third-order valence-corrected chi connectivity index (χ3v) is 5.33. The molecule has 2 aromatic carbocycles. The van der Waals surface area contributed by atoms with Crippen molar-refractivity contribution < 1.29 is 4.79 Å². The van der Waals surface area contributed by atoms with Crippen molar-refractivity contribution in [1.29, 1.82) is 0 Å². The lowest BCUT2D eigenvalue weighted by atomic mass is 10.0. The number of nitrogens with one attached hydrogen (secondary N) is 1. The number of benzene rings is 2. The molecule has 0 saturated heterocycles. The van der Waals surface area contributed by atoms with E-state index in [0.29, 0.717) is 29.6 Å². The first kappa shape index (κ1) is 15.8. The van der Waals surface area contributed by atoms with Crippen LogP contribution in [0.15, 0.2) is 53.3 Å². The van der Waals surface area contributed by atoms with E-state index in [0.717, 1.165) is 17.3 Å². The minimum absolute atomic E-state index is 0.141. The molecule has 6 nitrogen and oxygen atoms in total. The highest BCUT2D eigenvalue weighted by Crippen LogP contribution is 2.28. The van der Waals surface area contributed by atoms with E-state index in [-0.39, 0.29) is 11.5 Å². The van der Waals surface area contributed by atoms with Crippen molar-refractivity contribution >= 4 is 27.6 Å². The van der Waals surface area contributed by atoms with Crippen molar-refractivity contribution in [2.75, 3.05) is 6.54 Å². The van der Waals surface area contributed by atoms with Crippen molar-refractivity contribution in [3.8, 4) is 0 Å². The summed E-state index contributed by atoms with van der Waals surface area (Å²) in [7, 11) is 1.58. The maximum Gasteiger partial charge on any atom is 0.275 e. The molecule has 0 spiro atoms. The molecule has 0 saturated carbocycles. The minimum Gasteiger partial charge on any atom is -0.358 e. The number of aromatic amines is 1. The van der Waals surface area contributed by atoms with Gasteiger partial charge in [-0.15, -0.1) is 0 Å². The Bertz CT molecular complexity index is 1270. The summed E-state index contributed by atoms with van der Waals surface area (Å²) in [6, 6.07) is 15.3. The van der Waals surface area contributed by atoms with Gasteiger partial charge in [0.2, 0.25) is 0 Å². The van der Waals surface area contributed by atoms with Crippen LogP contribution in [0.4, 0.5) is 0 Å². The normalized spacial score (nSPS) is 13.9. The quantitative estimate of drug-likeness (QED) is 0.569. The molecule has 134 valence electrons. The van der Waals surface area contributed by atoms with Crippen LogP contribution in [0.25, 0.3) is 21.7 Å². The molecule has 1 aliphatic rings. The summed E-state index contributed by atoms with van der Waals surface area (Å²) in [5.74, 6) is -0.141. The highest BCUT2D eigenvalue weighted by atomic mass is 16.2. The zero-order valence-electron chi connectivity index (χ0n) is 14.9. The fraction of sp³-hybridized carbons (Fsp3) is 0.190. The van der Waals surface area contributed by atoms with Crippen LogP contribution in [0.1, 0.15) is 21.7 Å². The number of rotatable bonds is 1. The summed E-state index contributed by atoms with van der Waals surface area (Å²) in [6.07, 6.45) is 0.777. The van der Waals surface area contributed by atoms with Gasteiger partial charge in [0, 0.05) is 54.1 Å². The number of carbonyl (C=O) groups excluding carboxylic acids is 1. The number of hydrogen-bond acceptors (Lipinski definition) is 3. The standard InChI is InChI=1S/C21H18N4O2/c1-24-20(26)15-8-3-2-7-14(15)19(23-24)21(27)25-11-10-18-16(12-25)13-6-4-5-9-17(13)22-18/h2-9,22H,10-12H2,1H3. The fourth-order valence-corrected chi connectivity index (χ4v) is 3.95. The van der Waals surface area contributed by atoms with E-state index in [1.54, 1.807) is 25.2 Å². The second-order valence-corrected chi connectivity index (χ2v) is 6.93. The fourth-order valence-electron chi connectivity index (χ4n) is 3.95. The van der Waals surface area contributed by atoms with E-state index in [1.165, 1.54) is 15.9 Å². The van der Waals surface area contributed by atoms with Crippen molar-refractivity contribution in [2.45, 2.75) is 13.0 Å². The molecule has 2 aromatic heterocycles. The second kappa shape index (κ2) is 5.81. The molecule has 0 fully saturated rings. The number of fused-ring (bicyclic) bond motifs is 4. The predicted molar refractivity (Wildman–Crippen MR) is 104 cm³/mol. The first-order valence-corrected chi connectivity index (χ1v) is 8.97. The van der Waals surface area contributed by atoms with Gasteiger partial charge in [0.15, 0.2) is 5.69 Å². The SMILES string of the molecule is Cn1nc(C(=O)N2CCc3[nH]c4ccccc4c3C2)c2ccccc2c1=O. The number of H-pyrrole nitrogens is 1. The van der Waals surface area contributed by atoms with Gasteiger partial charge < -0.3 is 9.88 Å². The van der Waals surface area contributed by atoms with E-state index in [2.05, 4.69) is 22.2 Å². The molecule has 27 heavy (non-hydrogen) atoms. The van der Waals surface area contributed by atoms with E-state index in [4.69, 9.17) is 0 Å². The molecular weight excluding hydrogens is 340 g/mol. The molecule has 0 aliphatic carbocycles. The molecule has 0 atom stereocenters. The number of para-hydroxylation sites is 1. The van der Waals surface area contributed by atoms with Crippen molar-refractivity contribution in [2.24, 2.45) is 7.05 Å². The lowest BCUT2D eigenvalue weighted by molar-refractivity contribution is 0.0729. The molecule has 0 radical (unpaired) electrons. The number of nitrogens with zero attached hydrogens (tertiary/aromatic N) is 3. The Labute approximate surface area is 155 Å². The molecule has 1 aliphatic heterocycles. The van der Waals surface area contributed by atoms with Gasteiger partial charge in [0.05, 0.1) is 5.39 Å². The van der Waals surface area contributed by atoms with Crippen molar-refractivity contribution in [1.82, 2.24) is 19.7 Å². The zero-order chi connectivity index (χ0) is 18.5. The molecule has 1 amide bonds. The van der Waals surface area contributed by atoms with Gasteiger partial charge >= 0.3 is 0 Å². The van der Waals surface area contributed by atoms with Crippen LogP contribution in [0.3, 0.4) is 0 Å². The molecule has 6 heteroatoms. The highest BCUT2D eigenvalue weighted by molar-refractivity contribution is 6.05. The van der Waals surface area contributed by atoms with Crippen molar-refractivity contribution in [3.05, 3.63) is 75.8 Å². The Morgan fingerprint density at radius 1 is 1.04 bits per heavy atom. The summed E-state index contributed by atoms with van der Waals surface area (Å²) in [5.41, 5.74) is 3.59. The summed E-state index contributed by atoms with van der Waals surface area (Å²) in [5, 5.41) is 6.57. The van der Waals surface area contributed by atoms with Gasteiger partial charge in [-0.1, -0.05) is 36.4 Å². The maximum atomic E-state index is 13.3. The van der Waals surface area contributed by atoms with Crippen LogP contribution in [0, 0.1) is 0 Å². The highest BCUT2D eigenvalue weighted by Gasteiger charge is 2.27. The summed E-state index contributed by atoms with van der Waals surface area (Å²) < 4.78 is 1.25. The first-order chi connectivity index (χ1) is 13.1. The third-order valence-electron chi connectivity index (χ3n) is 5.33. The minimum atomic E-state index is -0.195. The molecule has 0 unspecified atom stereocenters. The average Bonchev–Trinajstić information content (AvgIpc) is 3.08. The lowest BCUT2D eigenvalue weighted by Gasteiger charge is -2.27. The van der Waals surface area contributed by atoms with Crippen LogP contribution in [-0.4, -0.2) is 32.1 Å². The van der Waals surface area contributed by atoms with Crippen LogP contribution < -0.4 is 5.56 Å². The third kappa shape index (κ3) is 2.37. The topological polar surface area (TPSA) is 71.0 Å². The number of amides is 1. The Morgan fingerprint density at radius 3 is 2.56 bits per heavy atom. The van der Waals surface area contributed by atoms with Crippen molar-refractivity contribution in [3.63, 3.8) is 0 Å².